The molecule has 2 aromatic rings. The topological polar surface area (TPSA) is 38.3 Å². The summed E-state index contributed by atoms with van der Waals surface area (Å²) in [6.45, 7) is 7.11. The summed E-state index contributed by atoms with van der Waals surface area (Å²) in [7, 11) is 0. The molecule has 2 rings (SSSR count). The van der Waals surface area contributed by atoms with Crippen molar-refractivity contribution in [3.63, 3.8) is 0 Å². The maximum atomic E-state index is 11.9. The Bertz CT molecular complexity index is 650. The van der Waals surface area contributed by atoms with Crippen molar-refractivity contribution >= 4 is 5.91 Å². The molecule has 0 saturated heterocycles. The van der Waals surface area contributed by atoms with Crippen molar-refractivity contribution in [1.29, 1.82) is 0 Å². The standard InChI is InChI=1S/C19H23NO2/c1-14-8-6-10-18(16(14)3)22-12-11-20-19(21)13-17-9-5-4-7-15(17)2/h4-10H,11-13H2,1-3H3,(H,20,21). The summed E-state index contributed by atoms with van der Waals surface area (Å²) in [5, 5.41) is 2.90. The monoisotopic (exact) mass is 297 g/mol. The Labute approximate surface area is 132 Å². The molecule has 0 aliphatic carbocycles. The van der Waals surface area contributed by atoms with Crippen LogP contribution in [0, 0.1) is 20.8 Å². The summed E-state index contributed by atoms with van der Waals surface area (Å²) in [5.41, 5.74) is 4.56. The summed E-state index contributed by atoms with van der Waals surface area (Å²) in [5.74, 6) is 0.909. The number of benzene rings is 2. The Kier molecular flexibility index (Phi) is 5.59. The summed E-state index contributed by atoms with van der Waals surface area (Å²) in [6, 6.07) is 13.9. The van der Waals surface area contributed by atoms with Gasteiger partial charge in [-0.1, -0.05) is 36.4 Å². The predicted octanol–water partition coefficient (Wildman–Crippen LogP) is 3.35. The van der Waals surface area contributed by atoms with E-state index in [-0.39, 0.29) is 5.91 Å². The average molecular weight is 297 g/mol. The minimum Gasteiger partial charge on any atom is -0.491 e. The van der Waals surface area contributed by atoms with Gasteiger partial charge in [0.2, 0.25) is 5.91 Å². The zero-order valence-corrected chi connectivity index (χ0v) is 13.5. The van der Waals surface area contributed by atoms with Crippen LogP contribution in [0.15, 0.2) is 42.5 Å². The number of hydrogen-bond acceptors (Lipinski definition) is 2. The van der Waals surface area contributed by atoms with Crippen molar-refractivity contribution < 1.29 is 9.53 Å². The van der Waals surface area contributed by atoms with E-state index in [1.54, 1.807) is 0 Å². The Hall–Kier alpha value is -2.29. The number of hydrogen-bond donors (Lipinski definition) is 1. The van der Waals surface area contributed by atoms with Crippen molar-refractivity contribution in [1.82, 2.24) is 5.32 Å². The van der Waals surface area contributed by atoms with Crippen LogP contribution in [-0.4, -0.2) is 19.1 Å². The summed E-state index contributed by atoms with van der Waals surface area (Å²) in [4.78, 5) is 11.9. The second-order valence-electron chi connectivity index (χ2n) is 5.50. The fraction of sp³-hybridized carbons (Fsp3) is 0.316. The van der Waals surface area contributed by atoms with Gasteiger partial charge in [-0.3, -0.25) is 4.79 Å². The van der Waals surface area contributed by atoms with Crippen LogP contribution in [0.5, 0.6) is 5.75 Å². The van der Waals surface area contributed by atoms with E-state index in [4.69, 9.17) is 4.74 Å². The number of carbonyl (C=O) groups is 1. The molecule has 0 saturated carbocycles. The summed E-state index contributed by atoms with van der Waals surface area (Å²) in [6.07, 6.45) is 0.413. The van der Waals surface area contributed by atoms with E-state index < -0.39 is 0 Å². The highest BCUT2D eigenvalue weighted by molar-refractivity contribution is 5.78. The molecule has 1 N–H and O–H groups in total. The second-order valence-corrected chi connectivity index (χ2v) is 5.50. The van der Waals surface area contributed by atoms with Gasteiger partial charge in [-0.2, -0.15) is 0 Å². The van der Waals surface area contributed by atoms with Crippen molar-refractivity contribution in [3.8, 4) is 5.75 Å². The molecule has 0 spiro atoms. The van der Waals surface area contributed by atoms with Gasteiger partial charge in [0.25, 0.3) is 0 Å². The lowest BCUT2D eigenvalue weighted by Gasteiger charge is -2.11. The van der Waals surface area contributed by atoms with Gasteiger partial charge in [-0.15, -0.1) is 0 Å². The van der Waals surface area contributed by atoms with Crippen LogP contribution in [0.25, 0.3) is 0 Å². The minimum atomic E-state index is 0.0267. The quantitative estimate of drug-likeness (QED) is 0.830. The third-order valence-electron chi connectivity index (χ3n) is 3.85. The molecular formula is C19H23NO2. The van der Waals surface area contributed by atoms with Crippen LogP contribution in [-0.2, 0) is 11.2 Å². The van der Waals surface area contributed by atoms with Gasteiger partial charge < -0.3 is 10.1 Å². The largest absolute Gasteiger partial charge is 0.491 e. The van der Waals surface area contributed by atoms with Gasteiger partial charge in [0.15, 0.2) is 0 Å². The molecule has 116 valence electrons. The first-order chi connectivity index (χ1) is 10.6. The molecule has 0 aliphatic rings. The van der Waals surface area contributed by atoms with Gasteiger partial charge in [-0.25, -0.2) is 0 Å². The van der Waals surface area contributed by atoms with Gasteiger partial charge in [0.05, 0.1) is 13.0 Å². The summed E-state index contributed by atoms with van der Waals surface area (Å²) < 4.78 is 5.73. The number of nitrogens with one attached hydrogen (secondary N) is 1. The van der Waals surface area contributed by atoms with Crippen LogP contribution in [0.1, 0.15) is 22.3 Å². The molecule has 0 aliphatic heterocycles. The maximum Gasteiger partial charge on any atom is 0.224 e. The van der Waals surface area contributed by atoms with Gasteiger partial charge in [-0.05, 0) is 49.1 Å². The lowest BCUT2D eigenvalue weighted by molar-refractivity contribution is -0.120. The molecule has 22 heavy (non-hydrogen) atoms. The Morgan fingerprint density at radius 1 is 1.00 bits per heavy atom. The first kappa shape index (κ1) is 16.1. The molecule has 0 radical (unpaired) electrons. The van der Waals surface area contributed by atoms with Crippen molar-refractivity contribution in [2.45, 2.75) is 27.2 Å². The smallest absolute Gasteiger partial charge is 0.224 e. The number of amides is 1. The third-order valence-corrected chi connectivity index (χ3v) is 3.85. The van der Waals surface area contributed by atoms with Gasteiger partial charge in [0.1, 0.15) is 12.4 Å². The number of rotatable bonds is 6. The molecule has 3 nitrogen and oxygen atoms in total. The third kappa shape index (κ3) is 4.35. The zero-order chi connectivity index (χ0) is 15.9. The van der Waals surface area contributed by atoms with E-state index in [9.17, 15) is 4.79 Å². The molecule has 0 fully saturated rings. The van der Waals surface area contributed by atoms with E-state index in [0.717, 1.165) is 22.4 Å². The van der Waals surface area contributed by atoms with Crippen molar-refractivity contribution in [3.05, 3.63) is 64.7 Å². The fourth-order valence-corrected chi connectivity index (χ4v) is 2.28. The summed E-state index contributed by atoms with van der Waals surface area (Å²) >= 11 is 0. The first-order valence-corrected chi connectivity index (χ1v) is 7.58. The first-order valence-electron chi connectivity index (χ1n) is 7.58. The molecule has 0 atom stereocenters. The predicted molar refractivity (Wildman–Crippen MR) is 89.3 cm³/mol. The van der Waals surface area contributed by atoms with Crippen LogP contribution in [0.3, 0.4) is 0 Å². The maximum absolute atomic E-state index is 11.9. The van der Waals surface area contributed by atoms with Crippen LogP contribution < -0.4 is 10.1 Å². The van der Waals surface area contributed by atoms with E-state index >= 15 is 0 Å². The van der Waals surface area contributed by atoms with Crippen LogP contribution in [0.2, 0.25) is 0 Å². The molecule has 0 bridgehead atoms. The minimum absolute atomic E-state index is 0.0267. The zero-order valence-electron chi connectivity index (χ0n) is 13.5. The molecule has 2 aromatic carbocycles. The molecule has 3 heteroatoms. The Balaban J connectivity index is 1.76. The van der Waals surface area contributed by atoms with Crippen LogP contribution in [0.4, 0.5) is 0 Å². The molecular weight excluding hydrogens is 274 g/mol. The normalized spacial score (nSPS) is 10.3. The number of aryl methyl sites for hydroxylation is 2. The fourth-order valence-electron chi connectivity index (χ4n) is 2.28. The second kappa shape index (κ2) is 7.64. The van der Waals surface area contributed by atoms with E-state index in [1.807, 2.05) is 50.2 Å². The highest BCUT2D eigenvalue weighted by Crippen LogP contribution is 2.20. The van der Waals surface area contributed by atoms with E-state index in [1.165, 1.54) is 5.56 Å². The van der Waals surface area contributed by atoms with Crippen molar-refractivity contribution in [2.24, 2.45) is 0 Å². The molecule has 0 heterocycles. The van der Waals surface area contributed by atoms with E-state index in [2.05, 4.69) is 18.3 Å². The highest BCUT2D eigenvalue weighted by Gasteiger charge is 2.05. The van der Waals surface area contributed by atoms with Crippen molar-refractivity contribution in [2.75, 3.05) is 13.2 Å². The highest BCUT2D eigenvalue weighted by atomic mass is 16.5. The van der Waals surface area contributed by atoms with Gasteiger partial charge in [0, 0.05) is 0 Å². The van der Waals surface area contributed by atoms with Crippen LogP contribution >= 0.6 is 0 Å². The average Bonchev–Trinajstić information content (AvgIpc) is 2.50. The Morgan fingerprint density at radius 3 is 2.50 bits per heavy atom. The SMILES string of the molecule is Cc1ccccc1CC(=O)NCCOc1cccc(C)c1C. The van der Waals surface area contributed by atoms with E-state index in [0.29, 0.717) is 19.6 Å². The molecule has 0 aromatic heterocycles. The number of carbonyl (C=O) groups excluding carboxylic acids is 1. The molecule has 1 amide bonds. The lowest BCUT2D eigenvalue weighted by Crippen LogP contribution is -2.29. The Morgan fingerprint density at radius 2 is 1.73 bits per heavy atom. The molecule has 0 unspecified atom stereocenters. The van der Waals surface area contributed by atoms with Gasteiger partial charge >= 0.3 is 0 Å². The number of ether oxygens (including phenoxy) is 1. The lowest BCUT2D eigenvalue weighted by atomic mass is 10.1.